The van der Waals surface area contributed by atoms with Crippen LogP contribution in [0.25, 0.3) is 0 Å². The number of urea groups is 1. The summed E-state index contributed by atoms with van der Waals surface area (Å²) in [6, 6.07) is 1.51. The van der Waals surface area contributed by atoms with Gasteiger partial charge in [0, 0.05) is 0 Å². The number of ether oxygens (including phenoxy) is 1. The van der Waals surface area contributed by atoms with E-state index in [0.29, 0.717) is 4.90 Å². The molecular formula is C12H12F3N3O5. The highest BCUT2D eigenvalue weighted by molar-refractivity contribution is 6.08. The van der Waals surface area contributed by atoms with Gasteiger partial charge in [-0.2, -0.15) is 13.2 Å². The van der Waals surface area contributed by atoms with Gasteiger partial charge < -0.3 is 9.15 Å². The van der Waals surface area contributed by atoms with Crippen LogP contribution in [0.5, 0.6) is 0 Å². The number of halogens is 3. The van der Waals surface area contributed by atoms with E-state index in [4.69, 9.17) is 4.42 Å². The highest BCUT2D eigenvalue weighted by atomic mass is 19.4. The molecule has 2 heterocycles. The topological polar surface area (TPSA) is 101 Å². The normalized spacial score (nSPS) is 21.3. The molecule has 11 heteroatoms. The number of carbonyl (C=O) groups excluding carboxylic acids is 3. The zero-order chi connectivity index (χ0) is 17.3. The van der Waals surface area contributed by atoms with Gasteiger partial charge in [-0.1, -0.05) is 0 Å². The van der Waals surface area contributed by atoms with Crippen molar-refractivity contribution in [1.82, 2.24) is 15.5 Å². The molecule has 1 aromatic rings. The van der Waals surface area contributed by atoms with Gasteiger partial charge in [0.15, 0.2) is 0 Å². The summed E-state index contributed by atoms with van der Waals surface area (Å²) in [7, 11) is 0. The minimum Gasteiger partial charge on any atom is -0.467 e. The lowest BCUT2D eigenvalue weighted by Gasteiger charge is -2.29. The number of amides is 4. The Morgan fingerprint density at radius 1 is 1.48 bits per heavy atom. The number of nitrogens with one attached hydrogen (secondary N) is 2. The Labute approximate surface area is 127 Å². The zero-order valence-corrected chi connectivity index (χ0v) is 11.8. The van der Waals surface area contributed by atoms with E-state index in [9.17, 15) is 27.6 Å². The van der Waals surface area contributed by atoms with E-state index < -0.39 is 36.4 Å². The third-order valence-corrected chi connectivity index (χ3v) is 2.99. The largest absolute Gasteiger partial charge is 0.467 e. The maximum Gasteiger partial charge on any atom is 0.440 e. The molecule has 0 radical (unpaired) electrons. The van der Waals surface area contributed by atoms with E-state index >= 15 is 0 Å². The van der Waals surface area contributed by atoms with Crippen molar-refractivity contribution in [2.45, 2.75) is 25.3 Å². The average molecular weight is 335 g/mol. The van der Waals surface area contributed by atoms with E-state index in [-0.39, 0.29) is 12.4 Å². The smallest absolute Gasteiger partial charge is 0.440 e. The highest BCUT2D eigenvalue weighted by Gasteiger charge is 2.69. The van der Waals surface area contributed by atoms with E-state index in [1.807, 2.05) is 0 Å². The lowest BCUT2D eigenvalue weighted by atomic mass is 10.1. The van der Waals surface area contributed by atoms with Crippen molar-refractivity contribution in [1.29, 1.82) is 0 Å². The molecule has 0 unspecified atom stereocenters. The van der Waals surface area contributed by atoms with E-state index in [0.717, 1.165) is 0 Å². The van der Waals surface area contributed by atoms with Gasteiger partial charge in [-0.3, -0.25) is 20.3 Å². The lowest BCUT2D eigenvalue weighted by Crippen LogP contribution is -2.69. The fourth-order valence-electron chi connectivity index (χ4n) is 1.95. The number of furan rings is 1. The summed E-state index contributed by atoms with van der Waals surface area (Å²) in [5.74, 6) is -1.58. The summed E-state index contributed by atoms with van der Waals surface area (Å²) in [5, 5.41) is 2.85. The molecule has 126 valence electrons. The van der Waals surface area contributed by atoms with E-state index in [2.05, 4.69) is 4.74 Å². The number of rotatable bonds is 4. The van der Waals surface area contributed by atoms with Crippen molar-refractivity contribution in [2.24, 2.45) is 0 Å². The van der Waals surface area contributed by atoms with Crippen LogP contribution in [0.4, 0.5) is 22.8 Å². The van der Waals surface area contributed by atoms with E-state index in [1.54, 1.807) is 0 Å². The number of alkyl halides is 3. The molecule has 0 spiro atoms. The minimum absolute atomic E-state index is 0.0996. The second-order valence-electron chi connectivity index (χ2n) is 4.49. The summed E-state index contributed by atoms with van der Waals surface area (Å²) in [6.45, 7) is 0.649. The molecule has 0 aromatic carbocycles. The van der Waals surface area contributed by atoms with Gasteiger partial charge in [0.2, 0.25) is 0 Å². The van der Waals surface area contributed by atoms with Gasteiger partial charge in [0.05, 0.1) is 19.4 Å². The second-order valence-corrected chi connectivity index (χ2v) is 4.49. The van der Waals surface area contributed by atoms with Gasteiger partial charge >= 0.3 is 18.3 Å². The van der Waals surface area contributed by atoms with Crippen LogP contribution in [0.3, 0.4) is 0 Å². The summed E-state index contributed by atoms with van der Waals surface area (Å²) in [4.78, 5) is 35.6. The first-order chi connectivity index (χ1) is 10.7. The fourth-order valence-corrected chi connectivity index (χ4v) is 1.95. The van der Waals surface area contributed by atoms with Crippen molar-refractivity contribution < 1.29 is 36.7 Å². The van der Waals surface area contributed by atoms with Crippen LogP contribution >= 0.6 is 0 Å². The van der Waals surface area contributed by atoms with Gasteiger partial charge in [-0.25, -0.2) is 9.59 Å². The summed E-state index contributed by atoms with van der Waals surface area (Å²) < 4.78 is 49.3. The van der Waals surface area contributed by atoms with Crippen molar-refractivity contribution in [3.8, 4) is 0 Å². The predicted octanol–water partition coefficient (Wildman–Crippen LogP) is 1.34. The van der Waals surface area contributed by atoms with Gasteiger partial charge in [-0.05, 0) is 19.1 Å². The first kappa shape index (κ1) is 16.6. The first-order valence-electron chi connectivity index (χ1n) is 6.39. The third-order valence-electron chi connectivity index (χ3n) is 2.99. The molecule has 1 fully saturated rings. The Hall–Kier alpha value is -2.72. The number of hydrogen-bond donors (Lipinski definition) is 2. The quantitative estimate of drug-likeness (QED) is 0.809. The molecule has 1 saturated heterocycles. The number of nitrogens with zero attached hydrogens (tertiary/aromatic N) is 1. The predicted molar refractivity (Wildman–Crippen MR) is 66.7 cm³/mol. The number of alkyl carbamates (subject to hydrolysis) is 1. The van der Waals surface area contributed by atoms with Gasteiger partial charge in [0.1, 0.15) is 5.76 Å². The summed E-state index contributed by atoms with van der Waals surface area (Å²) >= 11 is 0. The van der Waals surface area contributed by atoms with Crippen LogP contribution in [0.2, 0.25) is 0 Å². The highest BCUT2D eigenvalue weighted by Crippen LogP contribution is 2.34. The number of carbonyl (C=O) groups is 3. The van der Waals surface area contributed by atoms with Gasteiger partial charge in [-0.15, -0.1) is 0 Å². The van der Waals surface area contributed by atoms with Crippen LogP contribution in [0.1, 0.15) is 12.7 Å². The van der Waals surface area contributed by atoms with Gasteiger partial charge in [0.25, 0.3) is 11.6 Å². The first-order valence-corrected chi connectivity index (χ1v) is 6.39. The van der Waals surface area contributed by atoms with Crippen LogP contribution < -0.4 is 10.6 Å². The molecule has 0 saturated carbocycles. The monoisotopic (exact) mass is 335 g/mol. The molecule has 1 aromatic heterocycles. The van der Waals surface area contributed by atoms with Crippen LogP contribution in [0, 0.1) is 0 Å². The minimum atomic E-state index is -5.27. The Bertz CT molecular complexity index is 616. The average Bonchev–Trinajstić information content (AvgIpc) is 3.02. The molecule has 23 heavy (non-hydrogen) atoms. The Balaban J connectivity index is 2.31. The maximum absolute atomic E-state index is 13.3. The molecular weight excluding hydrogens is 323 g/mol. The molecule has 1 aliphatic rings. The Morgan fingerprint density at radius 2 is 2.17 bits per heavy atom. The molecule has 8 nitrogen and oxygen atoms in total. The fraction of sp³-hybridized carbons (Fsp3) is 0.417. The molecule has 4 amide bonds. The third kappa shape index (κ3) is 2.94. The van der Waals surface area contributed by atoms with Crippen LogP contribution in [-0.4, -0.2) is 41.4 Å². The van der Waals surface area contributed by atoms with Crippen LogP contribution in [0.15, 0.2) is 22.8 Å². The molecule has 0 bridgehead atoms. The number of imide groups is 1. The zero-order valence-electron chi connectivity index (χ0n) is 11.8. The van der Waals surface area contributed by atoms with Crippen molar-refractivity contribution in [2.75, 3.05) is 6.61 Å². The lowest BCUT2D eigenvalue weighted by molar-refractivity contribution is -0.201. The Morgan fingerprint density at radius 3 is 2.70 bits per heavy atom. The van der Waals surface area contributed by atoms with Crippen molar-refractivity contribution >= 4 is 18.0 Å². The second kappa shape index (κ2) is 5.82. The summed E-state index contributed by atoms with van der Waals surface area (Å²) in [5.41, 5.74) is -3.58. The number of hydrogen-bond acceptors (Lipinski definition) is 5. The molecule has 1 atom stereocenters. The summed E-state index contributed by atoms with van der Waals surface area (Å²) in [6.07, 6.45) is -5.52. The maximum atomic E-state index is 13.3. The molecule has 1 aliphatic heterocycles. The molecule has 0 aliphatic carbocycles. The standard InChI is InChI=1S/C12H12F3N3O5/c1-2-22-10(21)17-11(12(13,14)15)8(19)18(9(20)16-11)6-7-4-3-5-23-7/h3-5H,2,6H2,1H3,(H,16,20)(H,17,21)/t11-/m1/s1. The Kier molecular flexibility index (Phi) is 4.21. The van der Waals surface area contributed by atoms with Crippen LogP contribution in [-0.2, 0) is 16.1 Å². The SMILES string of the molecule is CCOC(=O)N[C@]1(C(F)(F)F)NC(=O)N(Cc2ccco2)C1=O. The van der Waals surface area contributed by atoms with E-state index in [1.165, 1.54) is 36.0 Å². The van der Waals surface area contributed by atoms with Crippen molar-refractivity contribution in [3.05, 3.63) is 24.2 Å². The molecule has 2 rings (SSSR count). The molecule has 2 N–H and O–H groups in total. The van der Waals surface area contributed by atoms with Crippen molar-refractivity contribution in [3.63, 3.8) is 0 Å².